The predicted octanol–water partition coefficient (Wildman–Crippen LogP) is 2.64. The van der Waals surface area contributed by atoms with E-state index in [1.165, 1.54) is 12.8 Å². The van der Waals surface area contributed by atoms with Gasteiger partial charge in [0.05, 0.1) is 11.0 Å². The van der Waals surface area contributed by atoms with Gasteiger partial charge in [0.25, 0.3) is 0 Å². The summed E-state index contributed by atoms with van der Waals surface area (Å²) in [6, 6.07) is 6.16. The van der Waals surface area contributed by atoms with Crippen molar-refractivity contribution >= 4 is 16.7 Å². The van der Waals surface area contributed by atoms with Crippen LogP contribution in [0.4, 0.5) is 5.69 Å². The quantitative estimate of drug-likeness (QED) is 0.817. The van der Waals surface area contributed by atoms with E-state index in [9.17, 15) is 5.11 Å². The second-order valence-corrected chi connectivity index (χ2v) is 5.34. The van der Waals surface area contributed by atoms with Crippen molar-refractivity contribution in [3.63, 3.8) is 0 Å². The molecule has 3 N–H and O–H groups in total. The molecule has 0 saturated heterocycles. The monoisotopic (exact) mass is 245 g/mol. The van der Waals surface area contributed by atoms with Crippen molar-refractivity contribution in [2.45, 2.75) is 38.8 Å². The summed E-state index contributed by atoms with van der Waals surface area (Å²) in [6.07, 6.45) is 1.99. The Morgan fingerprint density at radius 2 is 2.11 bits per heavy atom. The van der Waals surface area contributed by atoms with E-state index < -0.39 is 6.10 Å². The highest BCUT2D eigenvalue weighted by Gasteiger charge is 2.32. The van der Waals surface area contributed by atoms with E-state index >= 15 is 0 Å². The first-order valence-corrected chi connectivity index (χ1v) is 6.53. The first-order chi connectivity index (χ1) is 8.58. The lowest BCUT2D eigenvalue weighted by molar-refractivity contribution is 0.181. The third-order valence-corrected chi connectivity index (χ3v) is 3.83. The number of imidazole rings is 1. The number of rotatable bonds is 3. The van der Waals surface area contributed by atoms with Gasteiger partial charge in [-0.05, 0) is 50.8 Å². The molecule has 1 fully saturated rings. The van der Waals surface area contributed by atoms with Crippen LogP contribution in [-0.2, 0) is 0 Å². The summed E-state index contributed by atoms with van der Waals surface area (Å²) in [5.41, 5.74) is 8.45. The van der Waals surface area contributed by atoms with Crippen LogP contribution in [0.25, 0.3) is 11.0 Å². The number of nitrogens with zero attached hydrogens (tertiary/aromatic N) is 2. The number of nitrogens with two attached hydrogens (primary N) is 1. The highest BCUT2D eigenvalue weighted by atomic mass is 16.3. The molecule has 0 aliphatic heterocycles. The van der Waals surface area contributed by atoms with Crippen molar-refractivity contribution in [3.8, 4) is 0 Å². The number of hydrogen-bond acceptors (Lipinski definition) is 3. The van der Waals surface area contributed by atoms with Gasteiger partial charge in [0.2, 0.25) is 0 Å². The minimum atomic E-state index is -0.556. The van der Waals surface area contributed by atoms with Gasteiger partial charge >= 0.3 is 0 Å². The molecule has 0 bridgehead atoms. The van der Waals surface area contributed by atoms with E-state index in [-0.39, 0.29) is 0 Å². The standard InChI is InChI=1S/C14H19N3O/c1-8(10-3-4-10)17-13-6-5-11(15)7-12(13)16-14(17)9(2)18/h5-10,18H,3-4,15H2,1-2H3. The van der Waals surface area contributed by atoms with E-state index in [0.717, 1.165) is 22.8 Å². The van der Waals surface area contributed by atoms with E-state index in [1.54, 1.807) is 6.92 Å². The van der Waals surface area contributed by atoms with Crippen LogP contribution in [0, 0.1) is 5.92 Å². The molecule has 1 aliphatic rings. The van der Waals surface area contributed by atoms with Crippen LogP contribution >= 0.6 is 0 Å². The molecule has 4 heteroatoms. The first-order valence-electron chi connectivity index (χ1n) is 6.53. The van der Waals surface area contributed by atoms with Crippen LogP contribution in [0.3, 0.4) is 0 Å². The Hall–Kier alpha value is -1.55. The van der Waals surface area contributed by atoms with E-state index in [1.807, 2.05) is 18.2 Å². The average molecular weight is 245 g/mol. The average Bonchev–Trinajstić information content (AvgIpc) is 3.08. The number of fused-ring (bicyclic) bond motifs is 1. The van der Waals surface area contributed by atoms with Crippen LogP contribution in [0.15, 0.2) is 18.2 Å². The predicted molar refractivity (Wildman–Crippen MR) is 72.2 cm³/mol. The molecular formula is C14H19N3O. The van der Waals surface area contributed by atoms with Crippen molar-refractivity contribution in [3.05, 3.63) is 24.0 Å². The van der Waals surface area contributed by atoms with E-state index in [4.69, 9.17) is 5.73 Å². The summed E-state index contributed by atoms with van der Waals surface area (Å²) >= 11 is 0. The fraction of sp³-hybridized carbons (Fsp3) is 0.500. The maximum atomic E-state index is 9.91. The normalized spacial score (nSPS) is 19.1. The van der Waals surface area contributed by atoms with Gasteiger partial charge in [-0.1, -0.05) is 0 Å². The van der Waals surface area contributed by atoms with Gasteiger partial charge in [-0.3, -0.25) is 0 Å². The Morgan fingerprint density at radius 3 is 2.72 bits per heavy atom. The Balaban J connectivity index is 2.21. The lowest BCUT2D eigenvalue weighted by atomic mass is 10.2. The van der Waals surface area contributed by atoms with Gasteiger partial charge in [0, 0.05) is 11.7 Å². The van der Waals surface area contributed by atoms with Crippen LogP contribution in [-0.4, -0.2) is 14.7 Å². The van der Waals surface area contributed by atoms with E-state index in [0.29, 0.717) is 11.7 Å². The lowest BCUT2D eigenvalue weighted by Crippen LogP contribution is -2.13. The summed E-state index contributed by atoms with van der Waals surface area (Å²) < 4.78 is 2.18. The maximum absolute atomic E-state index is 9.91. The minimum Gasteiger partial charge on any atom is -0.399 e. The largest absolute Gasteiger partial charge is 0.399 e. The summed E-state index contributed by atoms with van der Waals surface area (Å²) in [5.74, 6) is 1.47. The molecule has 2 unspecified atom stereocenters. The van der Waals surface area contributed by atoms with E-state index in [2.05, 4.69) is 16.5 Å². The molecule has 0 amide bonds. The molecule has 0 spiro atoms. The molecule has 1 saturated carbocycles. The molecule has 3 rings (SSSR count). The number of benzene rings is 1. The fourth-order valence-electron chi connectivity index (χ4n) is 2.65. The van der Waals surface area contributed by atoms with Crippen molar-refractivity contribution in [2.75, 3.05) is 5.73 Å². The van der Waals surface area contributed by atoms with Crippen LogP contribution in [0.5, 0.6) is 0 Å². The summed E-state index contributed by atoms with van der Waals surface area (Å²) in [7, 11) is 0. The smallest absolute Gasteiger partial charge is 0.138 e. The molecule has 2 aromatic rings. The van der Waals surface area contributed by atoms with Gasteiger partial charge in [-0.15, -0.1) is 0 Å². The molecule has 1 aliphatic carbocycles. The molecular weight excluding hydrogens is 226 g/mol. The molecule has 1 heterocycles. The molecule has 2 atom stereocenters. The van der Waals surface area contributed by atoms with Crippen molar-refractivity contribution in [1.82, 2.24) is 9.55 Å². The van der Waals surface area contributed by atoms with Gasteiger partial charge in [0.15, 0.2) is 0 Å². The Bertz CT molecular complexity index is 584. The Labute approximate surface area is 106 Å². The number of aliphatic hydroxyl groups excluding tert-OH is 1. The SMILES string of the molecule is CC(O)c1nc2cc(N)ccc2n1C(C)C1CC1. The molecule has 96 valence electrons. The fourth-order valence-corrected chi connectivity index (χ4v) is 2.65. The summed E-state index contributed by atoms with van der Waals surface area (Å²) in [5, 5.41) is 9.91. The van der Waals surface area contributed by atoms with Crippen LogP contribution < -0.4 is 5.73 Å². The maximum Gasteiger partial charge on any atom is 0.138 e. The zero-order valence-electron chi connectivity index (χ0n) is 10.8. The third-order valence-electron chi connectivity index (χ3n) is 3.83. The molecule has 1 aromatic carbocycles. The van der Waals surface area contributed by atoms with Crippen LogP contribution in [0.2, 0.25) is 0 Å². The summed E-state index contributed by atoms with van der Waals surface area (Å²) in [4.78, 5) is 4.54. The third kappa shape index (κ3) is 1.77. The number of anilines is 1. The molecule has 18 heavy (non-hydrogen) atoms. The second kappa shape index (κ2) is 3.99. The van der Waals surface area contributed by atoms with Gasteiger partial charge < -0.3 is 15.4 Å². The zero-order chi connectivity index (χ0) is 12.9. The number of nitrogen functional groups attached to an aromatic ring is 1. The highest BCUT2D eigenvalue weighted by Crippen LogP contribution is 2.42. The topological polar surface area (TPSA) is 64.1 Å². The second-order valence-electron chi connectivity index (χ2n) is 5.34. The van der Waals surface area contributed by atoms with Gasteiger partial charge in [-0.2, -0.15) is 0 Å². The number of hydrogen-bond donors (Lipinski definition) is 2. The van der Waals surface area contributed by atoms with Gasteiger partial charge in [0.1, 0.15) is 11.9 Å². The number of aromatic nitrogens is 2. The summed E-state index contributed by atoms with van der Waals surface area (Å²) in [6.45, 7) is 3.97. The highest BCUT2D eigenvalue weighted by molar-refractivity contribution is 5.80. The van der Waals surface area contributed by atoms with Crippen molar-refractivity contribution in [2.24, 2.45) is 5.92 Å². The zero-order valence-corrected chi connectivity index (χ0v) is 10.8. The minimum absolute atomic E-state index is 0.392. The van der Waals surface area contributed by atoms with Gasteiger partial charge in [-0.25, -0.2) is 4.98 Å². The van der Waals surface area contributed by atoms with Crippen molar-refractivity contribution in [1.29, 1.82) is 0 Å². The Morgan fingerprint density at radius 1 is 1.39 bits per heavy atom. The first kappa shape index (κ1) is 11.5. The molecule has 1 aromatic heterocycles. The lowest BCUT2D eigenvalue weighted by Gasteiger charge is -2.18. The molecule has 0 radical (unpaired) electrons. The Kier molecular flexibility index (Phi) is 2.55. The van der Waals surface area contributed by atoms with Crippen molar-refractivity contribution < 1.29 is 5.11 Å². The number of aliphatic hydroxyl groups is 1. The molecule has 4 nitrogen and oxygen atoms in total. The van der Waals surface area contributed by atoms with Crippen LogP contribution in [0.1, 0.15) is 44.7 Å².